The molecule has 4 aliphatic rings. The maximum Gasteiger partial charge on any atom is 0.196 e. The van der Waals surface area contributed by atoms with Gasteiger partial charge in [0.1, 0.15) is 11.4 Å². The maximum absolute atomic E-state index is 13.5. The Balaban J connectivity index is 1.07. The number of benzene rings is 6. The summed E-state index contributed by atoms with van der Waals surface area (Å²) in [6, 6.07) is 49.3. The predicted molar refractivity (Wildman–Crippen MR) is 203 cm³/mol. The van der Waals surface area contributed by atoms with E-state index in [1.54, 1.807) is 0 Å². The molecule has 244 valence electrons. The molecule has 1 spiro atoms. The van der Waals surface area contributed by atoms with E-state index in [1.807, 2.05) is 60.7 Å². The molecule has 2 aromatic heterocycles. The molecule has 0 saturated heterocycles. The summed E-state index contributed by atoms with van der Waals surface area (Å²) in [6.45, 7) is 0. The Morgan fingerprint density at radius 1 is 0.321 bits per heavy atom. The van der Waals surface area contributed by atoms with Gasteiger partial charge in [-0.2, -0.15) is 0 Å². The molecule has 0 bridgehead atoms. The van der Waals surface area contributed by atoms with Crippen molar-refractivity contribution in [2.75, 3.05) is 0 Å². The van der Waals surface area contributed by atoms with Gasteiger partial charge < -0.3 is 0 Å². The zero-order chi connectivity index (χ0) is 35.0. The van der Waals surface area contributed by atoms with Crippen LogP contribution in [-0.4, -0.2) is 32.0 Å². The van der Waals surface area contributed by atoms with Gasteiger partial charge in [0.15, 0.2) is 11.6 Å². The van der Waals surface area contributed by atoms with Crippen LogP contribution in [0.5, 0.6) is 0 Å². The number of fused-ring (bicyclic) bond motifs is 16. The summed E-state index contributed by atoms with van der Waals surface area (Å²) in [4.78, 5) is 27.0. The van der Waals surface area contributed by atoms with Crippen LogP contribution in [0.4, 0.5) is 0 Å². The number of rotatable bonds is 2. The van der Waals surface area contributed by atoms with Gasteiger partial charge in [-0.3, -0.25) is 9.59 Å². The van der Waals surface area contributed by atoms with Gasteiger partial charge in [0.2, 0.25) is 0 Å². The molecule has 0 unspecified atom stereocenters. The molecule has 0 fully saturated rings. The van der Waals surface area contributed by atoms with Gasteiger partial charge >= 0.3 is 0 Å². The molecular formula is C47H24N4O2. The van der Waals surface area contributed by atoms with Crippen LogP contribution in [0, 0.1) is 0 Å². The standard InChI is InChI=1S/C47H24N4O2/c52-45-33-13-3-1-11-31(33)43-35(45)23-41(48-50-43)25-17-19-29-27-9-5-7-15-37(27)47(39(29)21-25)38-16-8-6-10-28(38)30-20-18-26(22-40(30)47)42-24-36-44(51-49-42)32-12-2-4-14-34(32)46(36)53/h1-24H. The van der Waals surface area contributed by atoms with Crippen molar-refractivity contribution >= 4 is 11.6 Å². The number of nitrogens with zero attached hydrogens (tertiary/aromatic N) is 4. The van der Waals surface area contributed by atoms with Crippen LogP contribution < -0.4 is 0 Å². The summed E-state index contributed by atoms with van der Waals surface area (Å²) in [7, 11) is 0. The summed E-state index contributed by atoms with van der Waals surface area (Å²) in [6.07, 6.45) is 0. The van der Waals surface area contributed by atoms with Gasteiger partial charge in [-0.05, 0) is 68.8 Å². The fourth-order valence-corrected chi connectivity index (χ4v) is 9.33. The van der Waals surface area contributed by atoms with Crippen LogP contribution in [0.3, 0.4) is 0 Å². The van der Waals surface area contributed by atoms with Crippen LogP contribution in [0.15, 0.2) is 146 Å². The van der Waals surface area contributed by atoms with Crippen LogP contribution >= 0.6 is 0 Å². The first kappa shape index (κ1) is 28.5. The second kappa shape index (κ2) is 9.99. The Bertz CT molecular complexity index is 2810. The topological polar surface area (TPSA) is 85.7 Å². The molecule has 6 heteroatoms. The van der Waals surface area contributed by atoms with Gasteiger partial charge in [-0.15, -0.1) is 20.4 Å². The molecule has 4 aliphatic carbocycles. The number of hydrogen-bond donors (Lipinski definition) is 0. The first-order chi connectivity index (χ1) is 26.1. The molecule has 12 rings (SSSR count). The van der Waals surface area contributed by atoms with Crippen LogP contribution in [0.2, 0.25) is 0 Å². The minimum Gasteiger partial charge on any atom is -0.289 e. The minimum atomic E-state index is -0.643. The zero-order valence-electron chi connectivity index (χ0n) is 28.0. The summed E-state index contributed by atoms with van der Waals surface area (Å²) in [5.41, 5.74) is 17.2. The quantitative estimate of drug-likeness (QED) is 0.181. The third-order valence-electron chi connectivity index (χ3n) is 11.6. The highest BCUT2D eigenvalue weighted by atomic mass is 16.1. The lowest BCUT2D eigenvalue weighted by molar-refractivity contribution is 0.103. The van der Waals surface area contributed by atoms with Crippen molar-refractivity contribution in [1.29, 1.82) is 0 Å². The molecule has 6 aromatic carbocycles. The highest BCUT2D eigenvalue weighted by Gasteiger charge is 2.52. The first-order valence-electron chi connectivity index (χ1n) is 17.6. The average molecular weight is 677 g/mol. The maximum atomic E-state index is 13.5. The lowest BCUT2D eigenvalue weighted by Gasteiger charge is -2.31. The lowest BCUT2D eigenvalue weighted by Crippen LogP contribution is -2.26. The Labute approximate surface area is 303 Å². The lowest BCUT2D eigenvalue weighted by atomic mass is 9.70. The second-order valence-electron chi connectivity index (χ2n) is 14.1. The Kier molecular flexibility index (Phi) is 5.37. The van der Waals surface area contributed by atoms with E-state index in [1.165, 1.54) is 22.3 Å². The van der Waals surface area contributed by atoms with Gasteiger partial charge in [0, 0.05) is 33.4 Å². The van der Waals surface area contributed by atoms with Crippen molar-refractivity contribution in [2.24, 2.45) is 0 Å². The van der Waals surface area contributed by atoms with Crippen molar-refractivity contribution in [2.45, 2.75) is 5.41 Å². The van der Waals surface area contributed by atoms with Crippen molar-refractivity contribution in [3.8, 4) is 67.3 Å². The van der Waals surface area contributed by atoms with Crippen molar-refractivity contribution in [3.63, 3.8) is 0 Å². The molecule has 8 aromatic rings. The Morgan fingerprint density at radius 2 is 0.698 bits per heavy atom. The summed E-state index contributed by atoms with van der Waals surface area (Å²) < 4.78 is 0. The molecule has 0 atom stereocenters. The second-order valence-corrected chi connectivity index (χ2v) is 14.1. The third-order valence-corrected chi connectivity index (χ3v) is 11.6. The van der Waals surface area contributed by atoms with Crippen LogP contribution in [0.25, 0.3) is 67.3 Å². The third kappa shape index (κ3) is 3.52. The highest BCUT2D eigenvalue weighted by Crippen LogP contribution is 2.63. The fraction of sp³-hybridized carbons (Fsp3) is 0.0213. The monoisotopic (exact) mass is 676 g/mol. The number of ketones is 2. The highest BCUT2D eigenvalue weighted by molar-refractivity contribution is 6.22. The molecule has 6 nitrogen and oxygen atoms in total. The zero-order valence-corrected chi connectivity index (χ0v) is 28.0. The van der Waals surface area contributed by atoms with E-state index >= 15 is 0 Å². The molecular weight excluding hydrogens is 653 g/mol. The largest absolute Gasteiger partial charge is 0.289 e. The number of carbonyl (C=O) groups excluding carboxylic acids is 2. The molecule has 0 aliphatic heterocycles. The van der Waals surface area contributed by atoms with E-state index < -0.39 is 5.41 Å². The van der Waals surface area contributed by atoms with Gasteiger partial charge in [0.05, 0.1) is 27.9 Å². The van der Waals surface area contributed by atoms with E-state index in [0.717, 1.165) is 44.5 Å². The van der Waals surface area contributed by atoms with Crippen LogP contribution in [-0.2, 0) is 5.41 Å². The number of hydrogen-bond acceptors (Lipinski definition) is 6. The molecule has 0 saturated carbocycles. The number of aromatic nitrogens is 4. The molecule has 0 amide bonds. The summed E-state index contributed by atoms with van der Waals surface area (Å²) >= 11 is 0. The van der Waals surface area contributed by atoms with E-state index in [2.05, 4.69) is 95.1 Å². The number of carbonyl (C=O) groups is 2. The van der Waals surface area contributed by atoms with Crippen LogP contribution in [0.1, 0.15) is 54.1 Å². The van der Waals surface area contributed by atoms with Crippen molar-refractivity contribution < 1.29 is 9.59 Å². The van der Waals surface area contributed by atoms with Gasteiger partial charge in [0.25, 0.3) is 0 Å². The minimum absolute atomic E-state index is 0.0248. The van der Waals surface area contributed by atoms with Crippen molar-refractivity contribution in [1.82, 2.24) is 20.4 Å². The smallest absolute Gasteiger partial charge is 0.196 e. The van der Waals surface area contributed by atoms with E-state index in [-0.39, 0.29) is 11.6 Å². The first-order valence-corrected chi connectivity index (χ1v) is 17.6. The Morgan fingerprint density at radius 3 is 1.15 bits per heavy atom. The molecule has 2 heterocycles. The normalized spacial score (nSPS) is 14.3. The SMILES string of the molecule is O=C1c2ccccc2-c2nnc(-c3ccc4c(c3)C3(c5ccccc5-4)c4ccccc4-c4ccc(-c5cc6c(nn5)-c5ccccc5C6=O)cc43)cc21. The van der Waals surface area contributed by atoms with Gasteiger partial charge in [-0.25, -0.2) is 0 Å². The molecule has 53 heavy (non-hydrogen) atoms. The summed E-state index contributed by atoms with van der Waals surface area (Å²) in [5.74, 6) is -0.0496. The molecule has 0 radical (unpaired) electrons. The van der Waals surface area contributed by atoms with Gasteiger partial charge in [-0.1, -0.05) is 121 Å². The average Bonchev–Trinajstić information content (AvgIpc) is 3.89. The van der Waals surface area contributed by atoms with E-state index in [9.17, 15) is 9.59 Å². The van der Waals surface area contributed by atoms with E-state index in [4.69, 9.17) is 10.2 Å². The van der Waals surface area contributed by atoms with Crippen molar-refractivity contribution in [3.05, 3.63) is 190 Å². The Hall–Kier alpha value is -7.18. The summed E-state index contributed by atoms with van der Waals surface area (Å²) in [5, 5.41) is 18.6. The fourth-order valence-electron chi connectivity index (χ4n) is 9.33. The predicted octanol–water partition coefficient (Wildman–Crippen LogP) is 9.37. The van der Waals surface area contributed by atoms with E-state index in [0.29, 0.717) is 45.0 Å². The molecule has 0 N–H and O–H groups in total.